The number of hydrogen-bond donors (Lipinski definition) is 0. The summed E-state index contributed by atoms with van der Waals surface area (Å²) in [5, 5.41) is 0. The normalized spacial score (nSPS) is 27.3. The van der Waals surface area contributed by atoms with Gasteiger partial charge in [-0.3, -0.25) is 9.69 Å². The van der Waals surface area contributed by atoms with Crippen LogP contribution in [0.2, 0.25) is 0 Å². The topological polar surface area (TPSA) is 32.8 Å². The maximum Gasteiger partial charge on any atom is 0.226 e. The summed E-state index contributed by atoms with van der Waals surface area (Å²) < 4.78 is 19.5. The minimum atomic E-state index is -0.145. The molecule has 4 nitrogen and oxygen atoms in total. The monoisotopic (exact) mass is 346 g/mol. The van der Waals surface area contributed by atoms with Gasteiger partial charge in [-0.25, -0.2) is 4.39 Å². The van der Waals surface area contributed by atoms with E-state index in [2.05, 4.69) is 4.90 Å². The fourth-order valence-electron chi connectivity index (χ4n) is 4.59. The predicted molar refractivity (Wildman–Crippen MR) is 93.6 cm³/mol. The molecule has 0 bridgehead atoms. The molecule has 1 spiro atoms. The molecular formula is C20H27FN2O2. The fourth-order valence-corrected chi connectivity index (χ4v) is 4.59. The first-order valence-corrected chi connectivity index (χ1v) is 9.46. The van der Waals surface area contributed by atoms with Crippen LogP contribution in [0.4, 0.5) is 4.39 Å². The van der Waals surface area contributed by atoms with Crippen molar-refractivity contribution >= 4 is 5.91 Å². The molecule has 2 atom stereocenters. The zero-order valence-corrected chi connectivity index (χ0v) is 14.9. The molecule has 0 radical (unpaired) electrons. The second kappa shape index (κ2) is 6.69. The molecule has 2 heterocycles. The first-order valence-electron chi connectivity index (χ1n) is 9.46. The number of halogens is 1. The highest BCUT2D eigenvalue weighted by molar-refractivity contribution is 5.82. The highest BCUT2D eigenvalue weighted by Crippen LogP contribution is 2.59. The van der Waals surface area contributed by atoms with Gasteiger partial charge >= 0.3 is 0 Å². The van der Waals surface area contributed by atoms with Crippen LogP contribution in [0.1, 0.15) is 37.8 Å². The molecule has 1 aliphatic carbocycles. The highest BCUT2D eigenvalue weighted by atomic mass is 19.1. The molecule has 3 aliphatic rings. The molecule has 2 aliphatic heterocycles. The van der Waals surface area contributed by atoms with Crippen LogP contribution in [0, 0.1) is 17.2 Å². The molecular weight excluding hydrogens is 319 g/mol. The average molecular weight is 346 g/mol. The Morgan fingerprint density at radius 2 is 1.88 bits per heavy atom. The van der Waals surface area contributed by atoms with Crippen molar-refractivity contribution in [3.8, 4) is 0 Å². The predicted octanol–water partition coefficient (Wildman–Crippen LogP) is 2.85. The van der Waals surface area contributed by atoms with E-state index in [0.717, 1.165) is 64.2 Å². The second-order valence-corrected chi connectivity index (χ2v) is 7.79. The van der Waals surface area contributed by atoms with Crippen LogP contribution in [0.3, 0.4) is 0 Å². The Morgan fingerprint density at radius 1 is 1.20 bits per heavy atom. The Balaban J connectivity index is 1.33. The van der Waals surface area contributed by atoms with Crippen molar-refractivity contribution in [2.45, 2.75) is 32.2 Å². The number of nitrogens with zero attached hydrogens (tertiary/aromatic N) is 2. The van der Waals surface area contributed by atoms with Gasteiger partial charge in [0.25, 0.3) is 0 Å². The minimum absolute atomic E-state index is 0.0428. The van der Waals surface area contributed by atoms with E-state index in [4.69, 9.17) is 4.74 Å². The minimum Gasteiger partial charge on any atom is -0.381 e. The van der Waals surface area contributed by atoms with E-state index in [0.29, 0.717) is 5.91 Å². The summed E-state index contributed by atoms with van der Waals surface area (Å²) in [7, 11) is 0. The molecule has 5 heteroatoms. The second-order valence-electron chi connectivity index (χ2n) is 7.79. The number of carbonyl (C=O) groups excluding carboxylic acids is 1. The van der Waals surface area contributed by atoms with Gasteiger partial charge in [-0.2, -0.15) is 0 Å². The molecule has 3 fully saturated rings. The zero-order chi connectivity index (χ0) is 17.4. The van der Waals surface area contributed by atoms with E-state index in [-0.39, 0.29) is 23.2 Å². The smallest absolute Gasteiger partial charge is 0.226 e. The molecule has 4 rings (SSSR count). The van der Waals surface area contributed by atoms with Gasteiger partial charge in [-0.05, 0) is 37.7 Å². The average Bonchev–Trinajstić information content (AvgIpc) is 3.34. The Morgan fingerprint density at radius 3 is 2.56 bits per heavy atom. The van der Waals surface area contributed by atoms with Crippen LogP contribution in [-0.2, 0) is 9.53 Å². The lowest BCUT2D eigenvalue weighted by atomic mass is 9.93. The van der Waals surface area contributed by atoms with Crippen molar-refractivity contribution in [2.24, 2.45) is 11.3 Å². The molecule has 0 N–H and O–H groups in total. The van der Waals surface area contributed by atoms with Crippen LogP contribution in [-0.4, -0.2) is 55.1 Å². The lowest BCUT2D eigenvalue weighted by Crippen LogP contribution is -2.50. The van der Waals surface area contributed by atoms with E-state index in [1.54, 1.807) is 6.07 Å². The third-order valence-corrected chi connectivity index (χ3v) is 6.51. The summed E-state index contributed by atoms with van der Waals surface area (Å²) in [6.45, 7) is 6.78. The van der Waals surface area contributed by atoms with Crippen LogP contribution in [0.5, 0.6) is 0 Å². The van der Waals surface area contributed by atoms with Crippen LogP contribution < -0.4 is 0 Å². The maximum absolute atomic E-state index is 14.0. The molecule has 2 saturated heterocycles. The molecule has 25 heavy (non-hydrogen) atoms. The number of piperazine rings is 1. The summed E-state index contributed by atoms with van der Waals surface area (Å²) in [5.41, 5.74) is 0.984. The maximum atomic E-state index is 14.0. The molecule has 0 aromatic heterocycles. The third kappa shape index (κ3) is 3.20. The van der Waals surface area contributed by atoms with E-state index >= 15 is 0 Å². The highest BCUT2D eigenvalue weighted by Gasteiger charge is 2.59. The number of carbonyl (C=O) groups is 1. The Labute approximate surface area is 148 Å². The Kier molecular flexibility index (Phi) is 4.54. The largest absolute Gasteiger partial charge is 0.381 e. The third-order valence-electron chi connectivity index (χ3n) is 6.51. The SMILES string of the molecule is C[C@H](c1ccccc1F)N1CCN(C(=O)[C@H]2CC23CCOCC3)CC1. The molecule has 0 unspecified atom stereocenters. The number of amides is 1. The Bertz CT molecular complexity index is 636. The molecule has 1 amide bonds. The van der Waals surface area contributed by atoms with Crippen molar-refractivity contribution < 1.29 is 13.9 Å². The zero-order valence-electron chi connectivity index (χ0n) is 14.9. The van der Waals surface area contributed by atoms with Gasteiger partial charge in [0.05, 0.1) is 0 Å². The summed E-state index contributed by atoms with van der Waals surface area (Å²) in [4.78, 5) is 17.1. The van der Waals surface area contributed by atoms with Gasteiger partial charge in [-0.15, -0.1) is 0 Å². The van der Waals surface area contributed by atoms with Gasteiger partial charge in [-0.1, -0.05) is 18.2 Å². The lowest BCUT2D eigenvalue weighted by Gasteiger charge is -2.38. The molecule has 1 aromatic carbocycles. The van der Waals surface area contributed by atoms with Gasteiger partial charge in [0, 0.05) is 56.9 Å². The first kappa shape index (κ1) is 17.0. The first-order chi connectivity index (χ1) is 12.1. The Hall–Kier alpha value is -1.46. The van der Waals surface area contributed by atoms with Crippen molar-refractivity contribution in [2.75, 3.05) is 39.4 Å². The van der Waals surface area contributed by atoms with Crippen molar-refractivity contribution in [1.29, 1.82) is 0 Å². The van der Waals surface area contributed by atoms with Gasteiger partial charge in [0.2, 0.25) is 5.91 Å². The summed E-state index contributed by atoms with van der Waals surface area (Å²) >= 11 is 0. The van der Waals surface area contributed by atoms with Crippen LogP contribution in [0.25, 0.3) is 0 Å². The number of rotatable bonds is 3. The van der Waals surface area contributed by atoms with Gasteiger partial charge < -0.3 is 9.64 Å². The van der Waals surface area contributed by atoms with E-state index in [1.807, 2.05) is 24.0 Å². The number of hydrogen-bond acceptors (Lipinski definition) is 3. The van der Waals surface area contributed by atoms with E-state index in [9.17, 15) is 9.18 Å². The number of ether oxygens (including phenoxy) is 1. The van der Waals surface area contributed by atoms with Gasteiger partial charge in [0.15, 0.2) is 0 Å². The quantitative estimate of drug-likeness (QED) is 0.844. The van der Waals surface area contributed by atoms with Crippen molar-refractivity contribution in [3.63, 3.8) is 0 Å². The number of benzene rings is 1. The van der Waals surface area contributed by atoms with Gasteiger partial charge in [0.1, 0.15) is 5.82 Å². The summed E-state index contributed by atoms with van der Waals surface area (Å²) in [5.74, 6) is 0.403. The fraction of sp³-hybridized carbons (Fsp3) is 0.650. The standard InChI is InChI=1S/C20H27FN2O2/c1-15(16-4-2-3-5-18(16)21)22-8-10-23(11-9-22)19(24)17-14-20(17)6-12-25-13-7-20/h2-5,15,17H,6-14H2,1H3/t15-,17-/m1/s1. The summed E-state index contributed by atoms with van der Waals surface area (Å²) in [6.07, 6.45) is 3.11. The van der Waals surface area contributed by atoms with Crippen LogP contribution >= 0.6 is 0 Å². The van der Waals surface area contributed by atoms with E-state index in [1.165, 1.54) is 6.07 Å². The van der Waals surface area contributed by atoms with E-state index < -0.39 is 0 Å². The van der Waals surface area contributed by atoms with Crippen LogP contribution in [0.15, 0.2) is 24.3 Å². The lowest BCUT2D eigenvalue weighted by molar-refractivity contribution is -0.136. The molecule has 136 valence electrons. The van der Waals surface area contributed by atoms with Crippen molar-refractivity contribution in [1.82, 2.24) is 9.80 Å². The molecule has 1 aromatic rings. The summed E-state index contributed by atoms with van der Waals surface area (Å²) in [6, 6.07) is 7.03. The van der Waals surface area contributed by atoms with Crippen molar-refractivity contribution in [3.05, 3.63) is 35.6 Å². The molecule has 1 saturated carbocycles.